The Morgan fingerprint density at radius 3 is 2.58 bits per heavy atom. The lowest BCUT2D eigenvalue weighted by atomic mass is 10.1. The number of aromatic nitrogens is 3. The van der Waals surface area contributed by atoms with Crippen molar-refractivity contribution < 1.29 is 4.79 Å². The second kappa shape index (κ2) is 9.34. The summed E-state index contributed by atoms with van der Waals surface area (Å²) in [5.74, 6) is 1.13. The van der Waals surface area contributed by atoms with Crippen LogP contribution < -0.4 is 10.6 Å². The standard InChI is InChI=1S/C26H26N6O/c1-32-11-9-22(10-12-32)29-25-17-27-16-23(30-25)19-7-8-20-15-28-24(14-21(20)13-19)31-26(33)18-5-3-2-4-6-18/h2-8,13-17,22H,9-12H2,1H3,(H,29,30)(H,28,31,33). The van der Waals surface area contributed by atoms with Crippen molar-refractivity contribution in [3.63, 3.8) is 0 Å². The molecule has 0 unspecified atom stereocenters. The smallest absolute Gasteiger partial charge is 0.256 e. The van der Waals surface area contributed by atoms with E-state index in [1.165, 1.54) is 0 Å². The number of anilines is 2. The molecule has 5 rings (SSSR count). The van der Waals surface area contributed by atoms with Crippen LogP contribution in [0.4, 0.5) is 11.6 Å². The third kappa shape index (κ3) is 4.99. The molecular weight excluding hydrogens is 412 g/mol. The van der Waals surface area contributed by atoms with E-state index >= 15 is 0 Å². The summed E-state index contributed by atoms with van der Waals surface area (Å²) in [5, 5.41) is 8.38. The largest absolute Gasteiger partial charge is 0.366 e. The van der Waals surface area contributed by atoms with Gasteiger partial charge in [0, 0.05) is 28.8 Å². The van der Waals surface area contributed by atoms with Crippen molar-refractivity contribution in [2.75, 3.05) is 30.8 Å². The van der Waals surface area contributed by atoms with Crippen molar-refractivity contribution >= 4 is 28.3 Å². The molecule has 7 nitrogen and oxygen atoms in total. The molecule has 1 aliphatic heterocycles. The van der Waals surface area contributed by atoms with Gasteiger partial charge in [0.2, 0.25) is 0 Å². The van der Waals surface area contributed by atoms with E-state index in [0.29, 0.717) is 17.4 Å². The third-order valence-electron chi connectivity index (χ3n) is 6.00. The van der Waals surface area contributed by atoms with Crippen molar-refractivity contribution in [3.05, 3.63) is 78.8 Å². The molecule has 1 aliphatic rings. The Kier molecular flexibility index (Phi) is 5.95. The van der Waals surface area contributed by atoms with E-state index in [0.717, 1.165) is 53.8 Å². The number of hydrogen-bond acceptors (Lipinski definition) is 6. The summed E-state index contributed by atoms with van der Waals surface area (Å²) in [4.78, 5) is 28.4. The number of nitrogens with zero attached hydrogens (tertiary/aromatic N) is 4. The molecular formula is C26H26N6O. The minimum absolute atomic E-state index is 0.183. The second-order valence-electron chi connectivity index (χ2n) is 8.46. The van der Waals surface area contributed by atoms with Crippen molar-refractivity contribution in [2.24, 2.45) is 0 Å². The average molecular weight is 439 g/mol. The van der Waals surface area contributed by atoms with Crippen molar-refractivity contribution in [1.82, 2.24) is 19.9 Å². The lowest BCUT2D eigenvalue weighted by Gasteiger charge is -2.29. The highest BCUT2D eigenvalue weighted by atomic mass is 16.1. The van der Waals surface area contributed by atoms with Crippen LogP contribution in [0.5, 0.6) is 0 Å². The lowest BCUT2D eigenvalue weighted by Crippen LogP contribution is -2.36. The summed E-state index contributed by atoms with van der Waals surface area (Å²) in [6.45, 7) is 2.18. The van der Waals surface area contributed by atoms with Gasteiger partial charge >= 0.3 is 0 Å². The molecule has 3 heterocycles. The fourth-order valence-electron chi connectivity index (χ4n) is 4.08. The molecule has 4 aromatic rings. The topological polar surface area (TPSA) is 83.0 Å². The Morgan fingerprint density at radius 2 is 1.76 bits per heavy atom. The van der Waals surface area contributed by atoms with Gasteiger partial charge in [0.25, 0.3) is 5.91 Å². The second-order valence-corrected chi connectivity index (χ2v) is 8.46. The zero-order valence-electron chi connectivity index (χ0n) is 18.5. The minimum atomic E-state index is -0.183. The molecule has 166 valence electrons. The van der Waals surface area contributed by atoms with Gasteiger partial charge in [0.05, 0.1) is 18.1 Å². The van der Waals surface area contributed by atoms with Crippen molar-refractivity contribution in [2.45, 2.75) is 18.9 Å². The molecule has 0 atom stereocenters. The molecule has 2 aromatic heterocycles. The van der Waals surface area contributed by atoms with Gasteiger partial charge in [-0.25, -0.2) is 9.97 Å². The van der Waals surface area contributed by atoms with Crippen LogP contribution in [0.2, 0.25) is 0 Å². The number of benzene rings is 2. The number of piperidine rings is 1. The number of rotatable bonds is 5. The Labute approximate surface area is 192 Å². The number of hydrogen-bond donors (Lipinski definition) is 2. The molecule has 33 heavy (non-hydrogen) atoms. The lowest BCUT2D eigenvalue weighted by molar-refractivity contribution is 0.102. The van der Waals surface area contributed by atoms with Crippen LogP contribution in [0.3, 0.4) is 0 Å². The average Bonchev–Trinajstić information content (AvgIpc) is 2.86. The third-order valence-corrected chi connectivity index (χ3v) is 6.00. The van der Waals surface area contributed by atoms with Gasteiger partial charge in [0.1, 0.15) is 11.6 Å². The zero-order chi connectivity index (χ0) is 22.6. The Morgan fingerprint density at radius 1 is 0.939 bits per heavy atom. The monoisotopic (exact) mass is 438 g/mol. The van der Waals surface area contributed by atoms with Gasteiger partial charge in [-0.1, -0.05) is 30.3 Å². The van der Waals surface area contributed by atoms with Crippen LogP contribution in [0.25, 0.3) is 22.0 Å². The van der Waals surface area contributed by atoms with E-state index in [4.69, 9.17) is 4.98 Å². The summed E-state index contributed by atoms with van der Waals surface area (Å²) >= 11 is 0. The summed E-state index contributed by atoms with van der Waals surface area (Å²) < 4.78 is 0. The van der Waals surface area contributed by atoms with E-state index in [1.54, 1.807) is 30.7 Å². The molecule has 0 radical (unpaired) electrons. The molecule has 1 fully saturated rings. The number of nitrogens with one attached hydrogen (secondary N) is 2. The first-order chi connectivity index (χ1) is 16.1. The molecule has 0 spiro atoms. The van der Waals surface area contributed by atoms with Crippen LogP contribution in [0, 0.1) is 0 Å². The van der Waals surface area contributed by atoms with Crippen LogP contribution in [0.15, 0.2) is 73.2 Å². The maximum atomic E-state index is 12.5. The first-order valence-corrected chi connectivity index (χ1v) is 11.2. The molecule has 7 heteroatoms. The molecule has 1 saturated heterocycles. The maximum absolute atomic E-state index is 12.5. The maximum Gasteiger partial charge on any atom is 0.256 e. The van der Waals surface area contributed by atoms with Crippen LogP contribution >= 0.6 is 0 Å². The summed E-state index contributed by atoms with van der Waals surface area (Å²) in [7, 11) is 2.16. The number of fused-ring (bicyclic) bond motifs is 1. The summed E-state index contributed by atoms with van der Waals surface area (Å²) in [6.07, 6.45) is 7.53. The molecule has 0 aliphatic carbocycles. The zero-order valence-corrected chi connectivity index (χ0v) is 18.5. The number of likely N-dealkylation sites (tertiary alicyclic amines) is 1. The number of pyridine rings is 1. The molecule has 1 amide bonds. The van der Waals surface area contributed by atoms with Gasteiger partial charge in [-0.05, 0) is 62.6 Å². The van der Waals surface area contributed by atoms with Crippen molar-refractivity contribution in [1.29, 1.82) is 0 Å². The fraction of sp³-hybridized carbons (Fsp3) is 0.231. The van der Waals surface area contributed by atoms with E-state index in [-0.39, 0.29) is 5.91 Å². The Balaban J connectivity index is 1.36. The normalized spacial score (nSPS) is 14.8. The van der Waals surface area contributed by atoms with Gasteiger partial charge < -0.3 is 15.5 Å². The van der Waals surface area contributed by atoms with Crippen LogP contribution in [0.1, 0.15) is 23.2 Å². The number of carbonyl (C=O) groups excluding carboxylic acids is 1. The first kappa shape index (κ1) is 21.0. The molecule has 2 N–H and O–H groups in total. The predicted molar refractivity (Wildman–Crippen MR) is 131 cm³/mol. The van der Waals surface area contributed by atoms with E-state index < -0.39 is 0 Å². The highest BCUT2D eigenvalue weighted by molar-refractivity contribution is 6.04. The Bertz CT molecular complexity index is 1270. The quantitative estimate of drug-likeness (QED) is 0.479. The highest BCUT2D eigenvalue weighted by Crippen LogP contribution is 2.25. The van der Waals surface area contributed by atoms with E-state index in [2.05, 4.69) is 38.6 Å². The van der Waals surface area contributed by atoms with Crippen molar-refractivity contribution in [3.8, 4) is 11.3 Å². The molecule has 0 saturated carbocycles. The fourth-order valence-corrected chi connectivity index (χ4v) is 4.08. The summed E-state index contributed by atoms with van der Waals surface area (Å²) in [5.41, 5.74) is 2.37. The SMILES string of the molecule is CN1CCC(Nc2cncc(-c3ccc4cnc(NC(=O)c5ccccc5)cc4c3)n2)CC1. The number of amides is 1. The van der Waals surface area contributed by atoms with E-state index in [9.17, 15) is 4.79 Å². The highest BCUT2D eigenvalue weighted by Gasteiger charge is 2.17. The van der Waals surface area contributed by atoms with Crippen LogP contribution in [-0.2, 0) is 0 Å². The molecule has 2 aromatic carbocycles. The number of carbonyl (C=O) groups is 1. The minimum Gasteiger partial charge on any atom is -0.366 e. The molecule has 0 bridgehead atoms. The summed E-state index contributed by atoms with van der Waals surface area (Å²) in [6, 6.07) is 17.5. The van der Waals surface area contributed by atoms with Crippen LogP contribution in [-0.4, -0.2) is 51.9 Å². The van der Waals surface area contributed by atoms with Gasteiger partial charge in [-0.15, -0.1) is 0 Å². The first-order valence-electron chi connectivity index (χ1n) is 11.2. The van der Waals surface area contributed by atoms with Gasteiger partial charge in [-0.2, -0.15) is 0 Å². The van der Waals surface area contributed by atoms with E-state index in [1.807, 2.05) is 36.4 Å². The van der Waals surface area contributed by atoms with Gasteiger partial charge in [-0.3, -0.25) is 9.78 Å². The Hall–Kier alpha value is -3.84. The van der Waals surface area contributed by atoms with Gasteiger partial charge in [0.15, 0.2) is 0 Å². The predicted octanol–water partition coefficient (Wildman–Crippen LogP) is 4.45.